The first-order valence-electron chi connectivity index (χ1n) is 4.99. The van der Waals surface area contributed by atoms with Gasteiger partial charge in [0.05, 0.1) is 0 Å². The van der Waals surface area contributed by atoms with Gasteiger partial charge >= 0.3 is 0 Å². The molecule has 2 N–H and O–H groups in total. The number of rotatable bonds is 1. The topological polar surface area (TPSA) is 26.0 Å². The molecule has 0 aliphatic heterocycles. The molecule has 1 aliphatic rings. The standard InChI is InChI=1S/C10H21N/c1-3-9-5-7-10(11)6-4-8(9)2/h8-10H,3-7,11H2,1-2H3/t8-,9-,10+/m0/s1. The molecule has 0 aromatic heterocycles. The Morgan fingerprint density at radius 2 is 1.82 bits per heavy atom. The zero-order chi connectivity index (χ0) is 8.27. The third kappa shape index (κ3) is 2.48. The summed E-state index contributed by atoms with van der Waals surface area (Å²) in [6, 6.07) is 0.494. The lowest BCUT2D eigenvalue weighted by Crippen LogP contribution is -2.18. The van der Waals surface area contributed by atoms with Crippen LogP contribution in [0, 0.1) is 11.8 Å². The van der Waals surface area contributed by atoms with Crippen LogP contribution >= 0.6 is 0 Å². The summed E-state index contributed by atoms with van der Waals surface area (Å²) in [5, 5.41) is 0. The second-order valence-corrected chi connectivity index (χ2v) is 4.06. The fraction of sp³-hybridized carbons (Fsp3) is 1.00. The Bertz CT molecular complexity index is 111. The third-order valence-electron chi connectivity index (χ3n) is 3.23. The van der Waals surface area contributed by atoms with E-state index >= 15 is 0 Å². The van der Waals surface area contributed by atoms with Gasteiger partial charge in [-0.2, -0.15) is 0 Å². The summed E-state index contributed by atoms with van der Waals surface area (Å²) in [5.41, 5.74) is 5.91. The van der Waals surface area contributed by atoms with Crippen molar-refractivity contribution in [3.63, 3.8) is 0 Å². The third-order valence-corrected chi connectivity index (χ3v) is 3.23. The summed E-state index contributed by atoms with van der Waals surface area (Å²) in [5.74, 6) is 1.86. The van der Waals surface area contributed by atoms with Gasteiger partial charge in [-0.05, 0) is 37.5 Å². The van der Waals surface area contributed by atoms with Gasteiger partial charge in [0.15, 0.2) is 0 Å². The van der Waals surface area contributed by atoms with Crippen LogP contribution < -0.4 is 5.73 Å². The first kappa shape index (κ1) is 9.05. The van der Waals surface area contributed by atoms with Crippen LogP contribution in [-0.2, 0) is 0 Å². The molecule has 11 heavy (non-hydrogen) atoms. The van der Waals surface area contributed by atoms with Crippen LogP contribution in [0.15, 0.2) is 0 Å². The fourth-order valence-corrected chi connectivity index (χ4v) is 2.18. The molecule has 0 bridgehead atoms. The molecule has 0 amide bonds. The largest absolute Gasteiger partial charge is 0.328 e. The summed E-state index contributed by atoms with van der Waals surface area (Å²) < 4.78 is 0. The van der Waals surface area contributed by atoms with Crippen molar-refractivity contribution < 1.29 is 0 Å². The Morgan fingerprint density at radius 1 is 1.18 bits per heavy atom. The Morgan fingerprint density at radius 3 is 2.45 bits per heavy atom. The van der Waals surface area contributed by atoms with E-state index in [0.29, 0.717) is 6.04 Å². The molecule has 0 aromatic rings. The minimum Gasteiger partial charge on any atom is -0.328 e. The minimum absolute atomic E-state index is 0.494. The summed E-state index contributed by atoms with van der Waals surface area (Å²) in [4.78, 5) is 0. The molecule has 66 valence electrons. The van der Waals surface area contributed by atoms with Crippen molar-refractivity contribution in [1.82, 2.24) is 0 Å². The number of hydrogen-bond acceptors (Lipinski definition) is 1. The lowest BCUT2D eigenvalue weighted by molar-refractivity contribution is 0.328. The Kier molecular flexibility index (Phi) is 3.38. The smallest absolute Gasteiger partial charge is 0.00390 e. The van der Waals surface area contributed by atoms with E-state index in [2.05, 4.69) is 13.8 Å². The fourth-order valence-electron chi connectivity index (χ4n) is 2.18. The molecule has 0 heterocycles. The van der Waals surface area contributed by atoms with Crippen LogP contribution in [0.3, 0.4) is 0 Å². The summed E-state index contributed by atoms with van der Waals surface area (Å²) in [7, 11) is 0. The van der Waals surface area contributed by atoms with Crippen molar-refractivity contribution in [2.45, 2.75) is 52.0 Å². The van der Waals surface area contributed by atoms with Crippen molar-refractivity contribution >= 4 is 0 Å². The van der Waals surface area contributed by atoms with Crippen molar-refractivity contribution in [3.8, 4) is 0 Å². The normalized spacial score (nSPS) is 40.1. The van der Waals surface area contributed by atoms with Crippen LogP contribution in [0.25, 0.3) is 0 Å². The lowest BCUT2D eigenvalue weighted by atomic mass is 9.88. The van der Waals surface area contributed by atoms with Gasteiger partial charge in [-0.15, -0.1) is 0 Å². The van der Waals surface area contributed by atoms with Gasteiger partial charge in [0, 0.05) is 6.04 Å². The van der Waals surface area contributed by atoms with E-state index < -0.39 is 0 Å². The highest BCUT2D eigenvalue weighted by Gasteiger charge is 2.20. The molecule has 3 atom stereocenters. The second kappa shape index (κ2) is 4.10. The number of hydrogen-bond donors (Lipinski definition) is 1. The second-order valence-electron chi connectivity index (χ2n) is 4.06. The maximum absolute atomic E-state index is 5.91. The Balaban J connectivity index is 2.41. The van der Waals surface area contributed by atoms with Crippen molar-refractivity contribution in [2.75, 3.05) is 0 Å². The first-order chi connectivity index (χ1) is 5.24. The van der Waals surface area contributed by atoms with E-state index in [4.69, 9.17) is 5.73 Å². The van der Waals surface area contributed by atoms with Gasteiger partial charge in [-0.25, -0.2) is 0 Å². The van der Waals surface area contributed by atoms with Crippen LogP contribution in [0.2, 0.25) is 0 Å². The van der Waals surface area contributed by atoms with Crippen LogP contribution in [0.5, 0.6) is 0 Å². The zero-order valence-corrected chi connectivity index (χ0v) is 7.84. The van der Waals surface area contributed by atoms with E-state index in [1.807, 2.05) is 0 Å². The minimum atomic E-state index is 0.494. The van der Waals surface area contributed by atoms with E-state index in [9.17, 15) is 0 Å². The zero-order valence-electron chi connectivity index (χ0n) is 7.84. The van der Waals surface area contributed by atoms with Crippen LogP contribution in [0.1, 0.15) is 46.0 Å². The van der Waals surface area contributed by atoms with Gasteiger partial charge in [-0.1, -0.05) is 20.3 Å². The molecule has 1 aliphatic carbocycles. The summed E-state index contributed by atoms with van der Waals surface area (Å²) in [6.45, 7) is 4.68. The molecule has 1 nitrogen and oxygen atoms in total. The highest BCUT2D eigenvalue weighted by atomic mass is 14.6. The average molecular weight is 155 g/mol. The maximum atomic E-state index is 5.91. The maximum Gasteiger partial charge on any atom is 0.00390 e. The van der Waals surface area contributed by atoms with Gasteiger partial charge in [0.2, 0.25) is 0 Å². The summed E-state index contributed by atoms with van der Waals surface area (Å²) >= 11 is 0. The van der Waals surface area contributed by atoms with Gasteiger partial charge < -0.3 is 5.73 Å². The van der Waals surface area contributed by atoms with Gasteiger partial charge in [0.25, 0.3) is 0 Å². The molecule has 0 aromatic carbocycles. The first-order valence-corrected chi connectivity index (χ1v) is 4.99. The van der Waals surface area contributed by atoms with E-state index in [1.165, 1.54) is 32.1 Å². The van der Waals surface area contributed by atoms with Crippen LogP contribution in [-0.4, -0.2) is 6.04 Å². The predicted molar refractivity (Wildman–Crippen MR) is 49.4 cm³/mol. The molecule has 0 saturated heterocycles. The molecule has 0 unspecified atom stereocenters. The quantitative estimate of drug-likeness (QED) is 0.579. The molecule has 1 saturated carbocycles. The molecule has 1 heteroatoms. The highest BCUT2D eigenvalue weighted by molar-refractivity contribution is 4.75. The molecular formula is C10H21N. The molecule has 0 radical (unpaired) electrons. The van der Waals surface area contributed by atoms with Crippen molar-refractivity contribution in [2.24, 2.45) is 17.6 Å². The lowest BCUT2D eigenvalue weighted by Gasteiger charge is -2.18. The monoisotopic (exact) mass is 155 g/mol. The van der Waals surface area contributed by atoms with Crippen LogP contribution in [0.4, 0.5) is 0 Å². The van der Waals surface area contributed by atoms with Crippen molar-refractivity contribution in [1.29, 1.82) is 0 Å². The SMILES string of the molecule is CC[C@H]1CC[C@H](N)CC[C@@H]1C. The van der Waals surface area contributed by atoms with Gasteiger partial charge in [0.1, 0.15) is 0 Å². The van der Waals surface area contributed by atoms with Gasteiger partial charge in [-0.3, -0.25) is 0 Å². The molecule has 1 rings (SSSR count). The molecule has 1 fully saturated rings. The van der Waals surface area contributed by atoms with E-state index in [-0.39, 0.29) is 0 Å². The summed E-state index contributed by atoms with van der Waals surface area (Å²) in [6.07, 6.45) is 6.55. The Hall–Kier alpha value is -0.0400. The van der Waals surface area contributed by atoms with E-state index in [0.717, 1.165) is 11.8 Å². The van der Waals surface area contributed by atoms with Crippen molar-refractivity contribution in [3.05, 3.63) is 0 Å². The number of nitrogens with two attached hydrogens (primary N) is 1. The highest BCUT2D eigenvalue weighted by Crippen LogP contribution is 2.29. The predicted octanol–water partition coefficient (Wildman–Crippen LogP) is 2.55. The molecule has 0 spiro atoms. The Labute approximate surface area is 70.4 Å². The average Bonchev–Trinajstić information content (AvgIpc) is 2.15. The molecular weight excluding hydrogens is 134 g/mol. The van der Waals surface area contributed by atoms with E-state index in [1.54, 1.807) is 0 Å².